The van der Waals surface area contributed by atoms with E-state index in [1.54, 1.807) is 4.90 Å². The van der Waals surface area contributed by atoms with Crippen LogP contribution >= 0.6 is 15.9 Å². The molecule has 0 bridgehead atoms. The second-order valence-electron chi connectivity index (χ2n) is 4.88. The van der Waals surface area contributed by atoms with Crippen molar-refractivity contribution in [2.24, 2.45) is 0 Å². The number of amides is 2. The van der Waals surface area contributed by atoms with E-state index in [9.17, 15) is 9.59 Å². The summed E-state index contributed by atoms with van der Waals surface area (Å²) in [6, 6.07) is 3.92. The van der Waals surface area contributed by atoms with Gasteiger partial charge in [-0.1, -0.05) is 15.9 Å². The van der Waals surface area contributed by atoms with Crippen molar-refractivity contribution in [3.63, 3.8) is 0 Å². The fraction of sp³-hybridized carbons (Fsp3) is 0.429. The first-order chi connectivity index (χ1) is 8.97. The van der Waals surface area contributed by atoms with Crippen LogP contribution in [0.25, 0.3) is 0 Å². The molecule has 0 aromatic heterocycles. The van der Waals surface area contributed by atoms with E-state index >= 15 is 0 Å². The van der Waals surface area contributed by atoms with Gasteiger partial charge in [0.2, 0.25) is 11.8 Å². The molecule has 1 heterocycles. The first-order valence-electron chi connectivity index (χ1n) is 6.32. The molecule has 4 nitrogen and oxygen atoms in total. The Morgan fingerprint density at radius 1 is 1.37 bits per heavy atom. The van der Waals surface area contributed by atoms with Gasteiger partial charge >= 0.3 is 0 Å². The van der Waals surface area contributed by atoms with Crippen molar-refractivity contribution in [1.82, 2.24) is 4.90 Å². The Morgan fingerprint density at radius 2 is 2.00 bits per heavy atom. The van der Waals surface area contributed by atoms with Gasteiger partial charge in [-0.2, -0.15) is 0 Å². The molecule has 0 saturated carbocycles. The first-order valence-corrected chi connectivity index (χ1v) is 7.11. The average molecular weight is 325 g/mol. The molecular weight excluding hydrogens is 308 g/mol. The third-order valence-electron chi connectivity index (χ3n) is 3.27. The SMILES string of the molecule is Cc1cc(Br)cc(C)c1NC(=O)CN1CCCC1=O. The zero-order chi connectivity index (χ0) is 14.0. The lowest BCUT2D eigenvalue weighted by Gasteiger charge is -2.17. The van der Waals surface area contributed by atoms with E-state index in [-0.39, 0.29) is 18.4 Å². The van der Waals surface area contributed by atoms with Crippen molar-refractivity contribution in [3.05, 3.63) is 27.7 Å². The maximum atomic E-state index is 12.0. The molecule has 1 N–H and O–H groups in total. The predicted octanol–water partition coefficient (Wildman–Crippen LogP) is 2.63. The molecular formula is C14H17BrN2O2. The monoisotopic (exact) mass is 324 g/mol. The normalized spacial score (nSPS) is 14.9. The summed E-state index contributed by atoms with van der Waals surface area (Å²) in [7, 11) is 0. The second-order valence-corrected chi connectivity index (χ2v) is 5.80. The summed E-state index contributed by atoms with van der Waals surface area (Å²) in [6.45, 7) is 4.74. The molecule has 102 valence electrons. The molecule has 1 aliphatic heterocycles. The van der Waals surface area contributed by atoms with E-state index in [4.69, 9.17) is 0 Å². The van der Waals surface area contributed by atoms with Gasteiger partial charge in [-0.05, 0) is 43.5 Å². The molecule has 0 aliphatic carbocycles. The van der Waals surface area contributed by atoms with Crippen LogP contribution in [0, 0.1) is 13.8 Å². The Bertz CT molecular complexity index is 505. The third kappa shape index (κ3) is 3.35. The van der Waals surface area contributed by atoms with Gasteiger partial charge in [0.1, 0.15) is 0 Å². The minimum Gasteiger partial charge on any atom is -0.333 e. The number of hydrogen-bond donors (Lipinski definition) is 1. The lowest BCUT2D eigenvalue weighted by Crippen LogP contribution is -2.34. The standard InChI is InChI=1S/C14H17BrN2O2/c1-9-6-11(15)7-10(2)14(9)16-12(18)8-17-5-3-4-13(17)19/h6-7H,3-5,8H2,1-2H3,(H,16,18). The maximum Gasteiger partial charge on any atom is 0.244 e. The number of likely N-dealkylation sites (tertiary alicyclic amines) is 1. The molecule has 0 spiro atoms. The molecule has 0 atom stereocenters. The number of carbonyl (C=O) groups excluding carboxylic acids is 2. The van der Waals surface area contributed by atoms with Gasteiger partial charge in [0.25, 0.3) is 0 Å². The second kappa shape index (κ2) is 5.74. The minimum atomic E-state index is -0.135. The zero-order valence-electron chi connectivity index (χ0n) is 11.1. The van der Waals surface area contributed by atoms with E-state index < -0.39 is 0 Å². The van der Waals surface area contributed by atoms with Gasteiger partial charge in [-0.15, -0.1) is 0 Å². The van der Waals surface area contributed by atoms with Crippen molar-refractivity contribution in [2.45, 2.75) is 26.7 Å². The Hall–Kier alpha value is -1.36. The molecule has 0 radical (unpaired) electrons. The predicted molar refractivity (Wildman–Crippen MR) is 78.1 cm³/mol. The number of hydrogen-bond acceptors (Lipinski definition) is 2. The maximum absolute atomic E-state index is 12.0. The van der Waals surface area contributed by atoms with Crippen molar-refractivity contribution in [1.29, 1.82) is 0 Å². The molecule has 1 aromatic carbocycles. The highest BCUT2D eigenvalue weighted by molar-refractivity contribution is 9.10. The highest BCUT2D eigenvalue weighted by atomic mass is 79.9. The smallest absolute Gasteiger partial charge is 0.244 e. The number of nitrogens with one attached hydrogen (secondary N) is 1. The molecule has 2 rings (SSSR count). The molecule has 1 aliphatic rings. The van der Waals surface area contributed by atoms with Gasteiger partial charge in [0, 0.05) is 23.1 Å². The van der Waals surface area contributed by atoms with E-state index in [1.165, 1.54) is 0 Å². The number of aryl methyl sites for hydroxylation is 2. The molecule has 0 unspecified atom stereocenters. The number of halogens is 1. The van der Waals surface area contributed by atoms with Gasteiger partial charge < -0.3 is 10.2 Å². The van der Waals surface area contributed by atoms with Gasteiger partial charge in [-0.3, -0.25) is 9.59 Å². The fourth-order valence-corrected chi connectivity index (χ4v) is 3.02. The van der Waals surface area contributed by atoms with E-state index in [0.29, 0.717) is 13.0 Å². The molecule has 1 aromatic rings. The summed E-state index contributed by atoms with van der Waals surface area (Å²) in [5.41, 5.74) is 2.85. The number of carbonyl (C=O) groups is 2. The molecule has 5 heteroatoms. The highest BCUT2D eigenvalue weighted by Gasteiger charge is 2.22. The van der Waals surface area contributed by atoms with Crippen LogP contribution < -0.4 is 5.32 Å². The van der Waals surface area contributed by atoms with Crippen LogP contribution in [0.4, 0.5) is 5.69 Å². The zero-order valence-corrected chi connectivity index (χ0v) is 12.7. The van der Waals surface area contributed by atoms with E-state index in [2.05, 4.69) is 21.2 Å². The Kier molecular flexibility index (Phi) is 4.24. The van der Waals surface area contributed by atoms with Crippen LogP contribution in [0.1, 0.15) is 24.0 Å². The first kappa shape index (κ1) is 14.1. The molecule has 1 saturated heterocycles. The van der Waals surface area contributed by atoms with Gasteiger partial charge in [0.05, 0.1) is 6.54 Å². The van der Waals surface area contributed by atoms with Crippen LogP contribution in [0.15, 0.2) is 16.6 Å². The summed E-state index contributed by atoms with van der Waals surface area (Å²) in [5.74, 6) is -0.0665. The van der Waals surface area contributed by atoms with Crippen LogP contribution in [0.3, 0.4) is 0 Å². The lowest BCUT2D eigenvalue weighted by molar-refractivity contribution is -0.131. The van der Waals surface area contributed by atoms with Gasteiger partial charge in [0.15, 0.2) is 0 Å². The van der Waals surface area contributed by atoms with Crippen LogP contribution in [-0.4, -0.2) is 29.8 Å². The number of rotatable bonds is 3. The van der Waals surface area contributed by atoms with Crippen molar-refractivity contribution in [2.75, 3.05) is 18.4 Å². The number of benzene rings is 1. The summed E-state index contributed by atoms with van der Waals surface area (Å²) in [5, 5.41) is 2.90. The summed E-state index contributed by atoms with van der Waals surface area (Å²) < 4.78 is 0.996. The Morgan fingerprint density at radius 3 is 2.53 bits per heavy atom. The van der Waals surface area contributed by atoms with E-state index in [1.807, 2.05) is 26.0 Å². The summed E-state index contributed by atoms with van der Waals surface area (Å²) in [4.78, 5) is 25.1. The van der Waals surface area contributed by atoms with Gasteiger partial charge in [-0.25, -0.2) is 0 Å². The molecule has 2 amide bonds. The number of anilines is 1. The Balaban J connectivity index is 2.05. The average Bonchev–Trinajstić information content (AvgIpc) is 2.69. The van der Waals surface area contributed by atoms with Crippen molar-refractivity contribution in [3.8, 4) is 0 Å². The summed E-state index contributed by atoms with van der Waals surface area (Å²) in [6.07, 6.45) is 1.41. The quantitative estimate of drug-likeness (QED) is 0.929. The third-order valence-corrected chi connectivity index (χ3v) is 3.73. The van der Waals surface area contributed by atoms with Crippen LogP contribution in [0.5, 0.6) is 0 Å². The van der Waals surface area contributed by atoms with Crippen molar-refractivity contribution < 1.29 is 9.59 Å². The largest absolute Gasteiger partial charge is 0.333 e. The minimum absolute atomic E-state index is 0.0689. The number of nitrogens with zero attached hydrogens (tertiary/aromatic N) is 1. The lowest BCUT2D eigenvalue weighted by atomic mass is 10.1. The Labute approximate surface area is 121 Å². The summed E-state index contributed by atoms with van der Waals surface area (Å²) >= 11 is 3.43. The van der Waals surface area contributed by atoms with Crippen molar-refractivity contribution >= 4 is 33.4 Å². The van der Waals surface area contributed by atoms with Crippen LogP contribution in [0.2, 0.25) is 0 Å². The topological polar surface area (TPSA) is 49.4 Å². The fourth-order valence-electron chi connectivity index (χ4n) is 2.33. The molecule has 19 heavy (non-hydrogen) atoms. The molecule has 1 fully saturated rings. The van der Waals surface area contributed by atoms with Crippen LogP contribution in [-0.2, 0) is 9.59 Å². The highest BCUT2D eigenvalue weighted by Crippen LogP contribution is 2.25. The van der Waals surface area contributed by atoms with E-state index in [0.717, 1.165) is 27.7 Å².